The van der Waals surface area contributed by atoms with Gasteiger partial charge in [0.25, 0.3) is 0 Å². The molecule has 1 saturated carbocycles. The molecule has 0 unspecified atom stereocenters. The van der Waals surface area contributed by atoms with Crippen LogP contribution >= 0.6 is 0 Å². The van der Waals surface area contributed by atoms with E-state index in [4.69, 9.17) is 4.74 Å². The predicted octanol–water partition coefficient (Wildman–Crippen LogP) is 1.74. The molecule has 66 valence electrons. The van der Waals surface area contributed by atoms with Crippen molar-refractivity contribution in [1.82, 2.24) is 0 Å². The number of ether oxygens (including phenoxy) is 1. The first-order valence-corrected chi connectivity index (χ1v) is 4.22. The molecule has 0 aromatic heterocycles. The molecule has 1 aliphatic rings. The lowest BCUT2D eigenvalue weighted by atomic mass is 10.2. The summed E-state index contributed by atoms with van der Waals surface area (Å²) >= 11 is 0. The molecule has 0 atom stereocenters. The maximum absolute atomic E-state index is 11.0. The average Bonchev–Trinajstić information content (AvgIpc) is 2.61. The van der Waals surface area contributed by atoms with Crippen LogP contribution in [-0.4, -0.2) is 11.6 Å². The quantitative estimate of drug-likeness (QED) is 0.311. The van der Waals surface area contributed by atoms with Crippen LogP contribution in [0.3, 0.4) is 0 Å². The summed E-state index contributed by atoms with van der Waals surface area (Å²) < 4.78 is 5.00. The number of carbonyl (C=O) groups excluding carboxylic acids is 1. The SMILES string of the molecule is CC(C)(C)OC(=O)C#CC1CC1. The molecule has 0 bridgehead atoms. The van der Waals surface area contributed by atoms with Crippen LogP contribution < -0.4 is 0 Å². The molecule has 0 aromatic rings. The number of hydrogen-bond acceptors (Lipinski definition) is 2. The zero-order chi connectivity index (χ0) is 9.19. The van der Waals surface area contributed by atoms with Crippen LogP contribution in [-0.2, 0) is 9.53 Å². The standard InChI is InChI=1S/C10H14O2/c1-10(2,3)12-9(11)7-6-8-4-5-8/h8H,4-5H2,1-3H3. The van der Waals surface area contributed by atoms with E-state index < -0.39 is 11.6 Å². The summed E-state index contributed by atoms with van der Waals surface area (Å²) in [6.45, 7) is 5.51. The van der Waals surface area contributed by atoms with Crippen LogP contribution in [0.4, 0.5) is 0 Å². The van der Waals surface area contributed by atoms with Crippen molar-refractivity contribution in [2.45, 2.75) is 39.2 Å². The minimum absolute atomic E-state index is 0.408. The third-order valence-electron chi connectivity index (χ3n) is 1.35. The Bertz CT molecular complexity index is 233. The van der Waals surface area contributed by atoms with Gasteiger partial charge < -0.3 is 4.74 Å². The first-order chi connectivity index (χ1) is 5.47. The summed E-state index contributed by atoms with van der Waals surface area (Å²) in [7, 11) is 0. The predicted molar refractivity (Wildman–Crippen MR) is 46.3 cm³/mol. The fraction of sp³-hybridized carbons (Fsp3) is 0.700. The molecular weight excluding hydrogens is 152 g/mol. The van der Waals surface area contributed by atoms with E-state index in [1.54, 1.807) is 0 Å². The topological polar surface area (TPSA) is 26.3 Å². The maximum atomic E-state index is 11.0. The van der Waals surface area contributed by atoms with E-state index in [0.29, 0.717) is 5.92 Å². The largest absolute Gasteiger partial charge is 0.450 e. The highest BCUT2D eigenvalue weighted by Crippen LogP contribution is 2.27. The van der Waals surface area contributed by atoms with Gasteiger partial charge in [0.05, 0.1) is 0 Å². The smallest absolute Gasteiger partial charge is 0.384 e. The minimum Gasteiger partial charge on any atom is -0.450 e. The van der Waals surface area contributed by atoms with Crippen molar-refractivity contribution in [1.29, 1.82) is 0 Å². The highest BCUT2D eigenvalue weighted by Gasteiger charge is 2.19. The van der Waals surface area contributed by atoms with E-state index in [9.17, 15) is 4.79 Å². The van der Waals surface area contributed by atoms with Crippen molar-refractivity contribution in [3.05, 3.63) is 0 Å². The Kier molecular flexibility index (Phi) is 2.42. The first-order valence-electron chi connectivity index (χ1n) is 4.22. The van der Waals surface area contributed by atoms with E-state index in [-0.39, 0.29) is 0 Å². The summed E-state index contributed by atoms with van der Waals surface area (Å²) in [5, 5.41) is 0. The summed E-state index contributed by atoms with van der Waals surface area (Å²) in [5.41, 5.74) is -0.421. The average molecular weight is 166 g/mol. The Morgan fingerprint density at radius 2 is 2.00 bits per heavy atom. The van der Waals surface area contributed by atoms with Crippen molar-refractivity contribution in [2.75, 3.05) is 0 Å². The number of esters is 1. The molecular formula is C10H14O2. The van der Waals surface area contributed by atoms with Gasteiger partial charge in [0, 0.05) is 11.8 Å². The zero-order valence-corrected chi connectivity index (χ0v) is 7.81. The van der Waals surface area contributed by atoms with E-state index in [0.717, 1.165) is 12.8 Å². The van der Waals surface area contributed by atoms with Gasteiger partial charge in [0.1, 0.15) is 5.60 Å². The lowest BCUT2D eigenvalue weighted by Crippen LogP contribution is -2.22. The second kappa shape index (κ2) is 3.18. The summed E-state index contributed by atoms with van der Waals surface area (Å²) in [6, 6.07) is 0. The van der Waals surface area contributed by atoms with Gasteiger partial charge in [-0.2, -0.15) is 0 Å². The van der Waals surface area contributed by atoms with E-state index >= 15 is 0 Å². The Morgan fingerprint density at radius 1 is 1.42 bits per heavy atom. The third-order valence-corrected chi connectivity index (χ3v) is 1.35. The second-order valence-electron chi connectivity index (χ2n) is 4.05. The van der Waals surface area contributed by atoms with Gasteiger partial charge in [0.15, 0.2) is 0 Å². The van der Waals surface area contributed by atoms with Crippen LogP contribution in [0.2, 0.25) is 0 Å². The van der Waals surface area contributed by atoms with Gasteiger partial charge in [-0.05, 0) is 33.6 Å². The summed E-state index contributed by atoms with van der Waals surface area (Å²) in [5.74, 6) is 5.39. The Hall–Kier alpha value is -0.970. The highest BCUT2D eigenvalue weighted by molar-refractivity contribution is 5.88. The molecule has 1 fully saturated rings. The molecule has 0 spiro atoms. The van der Waals surface area contributed by atoms with Crippen molar-refractivity contribution in [2.24, 2.45) is 5.92 Å². The molecule has 0 saturated heterocycles. The van der Waals surface area contributed by atoms with Crippen LogP contribution in [0.5, 0.6) is 0 Å². The third kappa shape index (κ3) is 4.02. The van der Waals surface area contributed by atoms with E-state index in [2.05, 4.69) is 11.8 Å². The van der Waals surface area contributed by atoms with Gasteiger partial charge in [-0.1, -0.05) is 5.92 Å². The second-order valence-corrected chi connectivity index (χ2v) is 4.05. The van der Waals surface area contributed by atoms with Crippen LogP contribution in [0.1, 0.15) is 33.6 Å². The molecule has 2 nitrogen and oxygen atoms in total. The molecule has 12 heavy (non-hydrogen) atoms. The molecule has 0 radical (unpaired) electrons. The first kappa shape index (κ1) is 9.12. The van der Waals surface area contributed by atoms with Gasteiger partial charge in [0.2, 0.25) is 0 Å². The fourth-order valence-electron chi connectivity index (χ4n) is 0.692. The van der Waals surface area contributed by atoms with Gasteiger partial charge in [-0.3, -0.25) is 0 Å². The van der Waals surface area contributed by atoms with Crippen LogP contribution in [0.15, 0.2) is 0 Å². The maximum Gasteiger partial charge on any atom is 0.384 e. The minimum atomic E-state index is -0.421. The molecule has 2 heteroatoms. The molecule has 0 N–H and O–H groups in total. The number of hydrogen-bond donors (Lipinski definition) is 0. The Balaban J connectivity index is 2.34. The van der Waals surface area contributed by atoms with Gasteiger partial charge in [-0.15, -0.1) is 0 Å². The zero-order valence-electron chi connectivity index (χ0n) is 7.81. The molecule has 0 aliphatic heterocycles. The normalized spacial score (nSPS) is 16.2. The van der Waals surface area contributed by atoms with E-state index in [1.807, 2.05) is 20.8 Å². The van der Waals surface area contributed by atoms with Gasteiger partial charge >= 0.3 is 5.97 Å². The van der Waals surface area contributed by atoms with Crippen LogP contribution in [0, 0.1) is 17.8 Å². The lowest BCUT2D eigenvalue weighted by molar-refractivity contribution is -0.147. The number of carbonyl (C=O) groups is 1. The molecule has 0 aromatic carbocycles. The molecule has 0 heterocycles. The molecule has 1 rings (SSSR count). The lowest BCUT2D eigenvalue weighted by Gasteiger charge is -2.16. The van der Waals surface area contributed by atoms with Gasteiger partial charge in [-0.25, -0.2) is 4.79 Å². The van der Waals surface area contributed by atoms with Crippen molar-refractivity contribution in [3.63, 3.8) is 0 Å². The fourth-order valence-corrected chi connectivity index (χ4v) is 0.692. The van der Waals surface area contributed by atoms with Crippen molar-refractivity contribution >= 4 is 5.97 Å². The van der Waals surface area contributed by atoms with Crippen molar-refractivity contribution in [3.8, 4) is 11.8 Å². The van der Waals surface area contributed by atoms with Crippen LogP contribution in [0.25, 0.3) is 0 Å². The molecule has 0 amide bonds. The highest BCUT2D eigenvalue weighted by atomic mass is 16.6. The molecule has 1 aliphatic carbocycles. The summed E-state index contributed by atoms with van der Waals surface area (Å²) in [4.78, 5) is 11.0. The van der Waals surface area contributed by atoms with Crippen molar-refractivity contribution < 1.29 is 9.53 Å². The Labute approximate surface area is 73.3 Å². The number of rotatable bonds is 0. The monoisotopic (exact) mass is 166 g/mol. The van der Waals surface area contributed by atoms with E-state index in [1.165, 1.54) is 0 Å². The Morgan fingerprint density at radius 3 is 2.42 bits per heavy atom. The summed E-state index contributed by atoms with van der Waals surface area (Å²) in [6.07, 6.45) is 2.27.